The van der Waals surface area contributed by atoms with Gasteiger partial charge in [0.25, 0.3) is 0 Å². The number of aliphatic hydroxyl groups is 7. The Morgan fingerprint density at radius 3 is 1.92 bits per heavy atom. The van der Waals surface area contributed by atoms with Crippen LogP contribution >= 0.6 is 0 Å². The molecule has 2 aliphatic heterocycles. The summed E-state index contributed by atoms with van der Waals surface area (Å²) in [7, 11) is 0. The molecule has 0 amide bonds. The van der Waals surface area contributed by atoms with Crippen LogP contribution < -0.4 is 0 Å². The van der Waals surface area contributed by atoms with E-state index in [1.54, 1.807) is 0 Å². The van der Waals surface area contributed by atoms with Gasteiger partial charge in [-0.3, -0.25) is 0 Å². The number of rotatable bonds is 7. The van der Waals surface area contributed by atoms with E-state index in [0.717, 1.165) is 0 Å². The van der Waals surface area contributed by atoms with E-state index in [9.17, 15) is 35.7 Å². The van der Waals surface area contributed by atoms with Gasteiger partial charge in [0.2, 0.25) is 0 Å². The molecule has 0 aliphatic carbocycles. The predicted octanol–water partition coefficient (Wildman–Crippen LogP) is -4.19. The molecule has 0 bridgehead atoms. The molecular formula is C15H26O11. The Morgan fingerprint density at radius 2 is 1.35 bits per heavy atom. The standard InChI is InChI=1S/C15H26O11/c1-2-3-23-14-12(22)13(9(19)7(5-17)24-14)26-15-11(21)10(20)8(18)6(4-16)25-15/h2,6-22H,1,3-5H2/t6-,7-,8+,9+,10+,11-,12-,13+,14-,15-/m1/s1. The third-order valence-corrected chi connectivity index (χ3v) is 4.34. The highest BCUT2D eigenvalue weighted by Gasteiger charge is 2.50. The normalized spacial score (nSPS) is 46.9. The first-order valence-electron chi connectivity index (χ1n) is 8.16. The largest absolute Gasteiger partial charge is 0.394 e. The van der Waals surface area contributed by atoms with Crippen molar-refractivity contribution < 1.29 is 54.7 Å². The fourth-order valence-corrected chi connectivity index (χ4v) is 2.85. The number of aliphatic hydroxyl groups excluding tert-OH is 7. The second-order valence-corrected chi connectivity index (χ2v) is 6.13. The molecule has 2 heterocycles. The Morgan fingerprint density at radius 1 is 0.769 bits per heavy atom. The van der Waals surface area contributed by atoms with E-state index < -0.39 is 74.6 Å². The Hall–Kier alpha value is -0.700. The minimum absolute atomic E-state index is 0.0166. The lowest BCUT2D eigenvalue weighted by molar-refractivity contribution is -0.359. The fraction of sp³-hybridized carbons (Fsp3) is 0.867. The zero-order valence-electron chi connectivity index (χ0n) is 13.9. The summed E-state index contributed by atoms with van der Waals surface area (Å²) in [6.07, 6.45) is -13.2. The molecule has 0 saturated carbocycles. The molecule has 0 unspecified atom stereocenters. The van der Waals surface area contributed by atoms with Crippen molar-refractivity contribution in [3.05, 3.63) is 12.7 Å². The number of hydrogen-bond donors (Lipinski definition) is 7. The van der Waals surface area contributed by atoms with Gasteiger partial charge in [-0.2, -0.15) is 0 Å². The van der Waals surface area contributed by atoms with Crippen molar-refractivity contribution in [3.8, 4) is 0 Å². The molecule has 2 saturated heterocycles. The monoisotopic (exact) mass is 382 g/mol. The molecule has 0 aromatic rings. The number of ether oxygens (including phenoxy) is 4. The molecule has 2 fully saturated rings. The maximum Gasteiger partial charge on any atom is 0.187 e. The van der Waals surface area contributed by atoms with Crippen molar-refractivity contribution >= 4 is 0 Å². The first-order valence-corrected chi connectivity index (χ1v) is 8.16. The van der Waals surface area contributed by atoms with E-state index in [2.05, 4.69) is 6.58 Å². The van der Waals surface area contributed by atoms with Gasteiger partial charge in [0, 0.05) is 0 Å². The first-order chi connectivity index (χ1) is 12.3. The molecule has 152 valence electrons. The van der Waals surface area contributed by atoms with Gasteiger partial charge in [-0.25, -0.2) is 0 Å². The summed E-state index contributed by atoms with van der Waals surface area (Å²) >= 11 is 0. The van der Waals surface area contributed by atoms with Crippen molar-refractivity contribution in [2.45, 2.75) is 61.4 Å². The fourth-order valence-electron chi connectivity index (χ4n) is 2.85. The molecule has 26 heavy (non-hydrogen) atoms. The lowest BCUT2D eigenvalue weighted by atomic mass is 9.97. The van der Waals surface area contributed by atoms with Crippen LogP contribution in [-0.4, -0.2) is 117 Å². The minimum atomic E-state index is -1.71. The Kier molecular flexibility index (Phi) is 7.88. The second kappa shape index (κ2) is 9.48. The molecule has 0 radical (unpaired) electrons. The lowest BCUT2D eigenvalue weighted by Crippen LogP contribution is -2.64. The van der Waals surface area contributed by atoms with E-state index in [4.69, 9.17) is 18.9 Å². The van der Waals surface area contributed by atoms with E-state index in [1.165, 1.54) is 6.08 Å². The zero-order valence-corrected chi connectivity index (χ0v) is 13.9. The summed E-state index contributed by atoms with van der Waals surface area (Å²) in [5.74, 6) is 0. The summed E-state index contributed by atoms with van der Waals surface area (Å²) < 4.78 is 21.1. The van der Waals surface area contributed by atoms with Crippen molar-refractivity contribution in [1.29, 1.82) is 0 Å². The van der Waals surface area contributed by atoms with E-state index in [0.29, 0.717) is 0 Å². The highest BCUT2D eigenvalue weighted by atomic mass is 16.7. The molecule has 7 N–H and O–H groups in total. The van der Waals surface area contributed by atoms with Gasteiger partial charge in [0.1, 0.15) is 48.8 Å². The van der Waals surface area contributed by atoms with E-state index >= 15 is 0 Å². The Bertz CT molecular complexity index is 447. The highest BCUT2D eigenvalue weighted by Crippen LogP contribution is 2.29. The summed E-state index contributed by atoms with van der Waals surface area (Å²) in [6, 6.07) is 0. The van der Waals surface area contributed by atoms with Gasteiger partial charge >= 0.3 is 0 Å². The van der Waals surface area contributed by atoms with Gasteiger partial charge < -0.3 is 54.7 Å². The minimum Gasteiger partial charge on any atom is -0.394 e. The molecule has 2 rings (SSSR count). The third kappa shape index (κ3) is 4.40. The van der Waals surface area contributed by atoms with Crippen molar-refractivity contribution in [2.24, 2.45) is 0 Å². The lowest BCUT2D eigenvalue weighted by Gasteiger charge is -2.45. The Balaban J connectivity index is 2.14. The third-order valence-electron chi connectivity index (χ3n) is 4.34. The second-order valence-electron chi connectivity index (χ2n) is 6.13. The van der Waals surface area contributed by atoms with Gasteiger partial charge in [-0.1, -0.05) is 6.08 Å². The molecule has 11 heteroatoms. The van der Waals surface area contributed by atoms with Gasteiger partial charge in [0.15, 0.2) is 12.6 Å². The maximum absolute atomic E-state index is 10.3. The molecule has 0 aromatic carbocycles. The first kappa shape index (κ1) is 21.6. The summed E-state index contributed by atoms with van der Waals surface area (Å²) in [4.78, 5) is 0. The van der Waals surface area contributed by atoms with Crippen LogP contribution in [0, 0.1) is 0 Å². The summed E-state index contributed by atoms with van der Waals surface area (Å²) in [5, 5.41) is 68.7. The molecule has 2 aliphatic rings. The smallest absolute Gasteiger partial charge is 0.187 e. The molecule has 0 aromatic heterocycles. The average Bonchev–Trinajstić information content (AvgIpc) is 2.64. The van der Waals surface area contributed by atoms with Crippen LogP contribution in [0.5, 0.6) is 0 Å². The maximum atomic E-state index is 10.3. The zero-order chi connectivity index (χ0) is 19.4. The van der Waals surface area contributed by atoms with Gasteiger partial charge in [0.05, 0.1) is 19.8 Å². The molecule has 11 nitrogen and oxygen atoms in total. The van der Waals surface area contributed by atoms with Crippen LogP contribution in [0.1, 0.15) is 0 Å². The van der Waals surface area contributed by atoms with E-state index in [1.807, 2.05) is 0 Å². The summed E-state index contributed by atoms with van der Waals surface area (Å²) in [6.45, 7) is 2.22. The van der Waals surface area contributed by atoms with Crippen LogP contribution in [0.25, 0.3) is 0 Å². The SMILES string of the molecule is C=CCO[C@@H]1O[C@H](CO)[C@H](O)[C@H](O[C@H]2O[C@H](CO)[C@H](O)[C@H](O)[C@H]2O)[C@H]1O. The molecule has 0 spiro atoms. The van der Waals surface area contributed by atoms with Crippen LogP contribution in [-0.2, 0) is 18.9 Å². The summed E-state index contributed by atoms with van der Waals surface area (Å²) in [5.41, 5.74) is 0. The van der Waals surface area contributed by atoms with Gasteiger partial charge in [-0.15, -0.1) is 6.58 Å². The highest BCUT2D eigenvalue weighted by molar-refractivity contribution is 4.94. The van der Waals surface area contributed by atoms with Gasteiger partial charge in [-0.05, 0) is 0 Å². The topological polar surface area (TPSA) is 179 Å². The van der Waals surface area contributed by atoms with Crippen LogP contribution in [0.2, 0.25) is 0 Å². The predicted molar refractivity (Wildman–Crippen MR) is 82.5 cm³/mol. The van der Waals surface area contributed by atoms with Crippen molar-refractivity contribution in [3.63, 3.8) is 0 Å². The van der Waals surface area contributed by atoms with Crippen LogP contribution in [0.15, 0.2) is 12.7 Å². The molecule has 10 atom stereocenters. The Labute approximate surface area is 149 Å². The van der Waals surface area contributed by atoms with Crippen LogP contribution in [0.3, 0.4) is 0 Å². The van der Waals surface area contributed by atoms with Crippen molar-refractivity contribution in [1.82, 2.24) is 0 Å². The number of hydrogen-bond acceptors (Lipinski definition) is 11. The molecular weight excluding hydrogens is 356 g/mol. The average molecular weight is 382 g/mol. The van der Waals surface area contributed by atoms with E-state index in [-0.39, 0.29) is 6.61 Å². The van der Waals surface area contributed by atoms with Crippen LogP contribution in [0.4, 0.5) is 0 Å². The van der Waals surface area contributed by atoms with Crippen molar-refractivity contribution in [2.75, 3.05) is 19.8 Å². The quantitative estimate of drug-likeness (QED) is 0.212.